The molecule has 4 rings (SSSR count). The van der Waals surface area contributed by atoms with Crippen LogP contribution in [0.4, 0.5) is 0 Å². The quantitative estimate of drug-likeness (QED) is 0.340. The first kappa shape index (κ1) is 21.6. The summed E-state index contributed by atoms with van der Waals surface area (Å²) in [7, 11) is 10.6. The Morgan fingerprint density at radius 1 is 0.792 bits per heavy atom. The summed E-state index contributed by atoms with van der Waals surface area (Å²) in [5, 5.41) is 0. The van der Waals surface area contributed by atoms with E-state index in [1.807, 2.05) is 0 Å². The first-order valence-corrected chi connectivity index (χ1v) is 16.4. The Morgan fingerprint density at radius 2 is 1.12 bits per heavy atom. The fourth-order valence-electron chi connectivity index (χ4n) is 2.21. The van der Waals surface area contributed by atoms with Crippen LogP contribution < -0.4 is 0 Å². The predicted molar refractivity (Wildman–Crippen MR) is 106 cm³/mol. The molecular formula is C20H21Cl2SiZr. The van der Waals surface area contributed by atoms with Crippen molar-refractivity contribution in [1.82, 2.24) is 0 Å². The SMILES string of the molecule is C[SiH]C.[C-]1=Cc2ccccc2C1.[C-]1=Cc2ccccc2C1.[Cl][Zr+2][Cl]. The van der Waals surface area contributed by atoms with Gasteiger partial charge in [-0.1, -0.05) is 49.5 Å². The van der Waals surface area contributed by atoms with Crippen LogP contribution in [0.2, 0.25) is 13.1 Å². The molecule has 0 atom stereocenters. The molecule has 4 heteroatoms. The van der Waals surface area contributed by atoms with Gasteiger partial charge in [0.1, 0.15) is 0 Å². The van der Waals surface area contributed by atoms with E-state index < -0.39 is 20.8 Å². The molecule has 0 aromatic heterocycles. The van der Waals surface area contributed by atoms with Gasteiger partial charge in [-0.05, 0) is 0 Å². The van der Waals surface area contributed by atoms with E-state index in [0.717, 1.165) is 22.4 Å². The number of allylic oxidation sites excluding steroid dienone is 2. The fraction of sp³-hybridized carbons (Fsp3) is 0.200. The molecule has 0 saturated heterocycles. The van der Waals surface area contributed by atoms with Crippen molar-refractivity contribution >= 4 is 38.7 Å². The van der Waals surface area contributed by atoms with E-state index in [1.165, 1.54) is 22.3 Å². The molecule has 0 bridgehead atoms. The van der Waals surface area contributed by atoms with Gasteiger partial charge in [-0.15, -0.1) is 36.1 Å². The number of rotatable bonds is 0. The van der Waals surface area contributed by atoms with Crippen molar-refractivity contribution in [2.24, 2.45) is 0 Å². The van der Waals surface area contributed by atoms with Gasteiger partial charge in [-0.2, -0.15) is 11.1 Å². The van der Waals surface area contributed by atoms with Gasteiger partial charge < -0.3 is 0 Å². The third kappa shape index (κ3) is 8.12. The van der Waals surface area contributed by atoms with Crippen LogP contribution in [-0.4, -0.2) is 9.52 Å². The summed E-state index contributed by atoms with van der Waals surface area (Å²) in [4.78, 5) is 0. The van der Waals surface area contributed by atoms with Crippen LogP contribution in [0.3, 0.4) is 0 Å². The van der Waals surface area contributed by atoms with Crippen LogP contribution in [0.25, 0.3) is 12.2 Å². The van der Waals surface area contributed by atoms with Crippen molar-refractivity contribution in [3.05, 3.63) is 82.9 Å². The van der Waals surface area contributed by atoms with E-state index in [4.69, 9.17) is 17.0 Å². The minimum atomic E-state index is -0.826. The normalized spacial score (nSPS) is 11.5. The van der Waals surface area contributed by atoms with Gasteiger partial charge in [0.15, 0.2) is 0 Å². The molecule has 0 amide bonds. The number of hydrogen-bond acceptors (Lipinski definition) is 0. The third-order valence-electron chi connectivity index (χ3n) is 3.21. The van der Waals surface area contributed by atoms with Crippen molar-refractivity contribution in [3.8, 4) is 0 Å². The van der Waals surface area contributed by atoms with Crippen molar-refractivity contribution in [2.75, 3.05) is 0 Å². The molecule has 2 aliphatic carbocycles. The molecule has 2 aromatic carbocycles. The molecule has 24 heavy (non-hydrogen) atoms. The van der Waals surface area contributed by atoms with Gasteiger partial charge in [-0.3, -0.25) is 12.2 Å². The zero-order chi connectivity index (χ0) is 17.6. The van der Waals surface area contributed by atoms with Crippen LogP contribution >= 0.6 is 17.0 Å². The van der Waals surface area contributed by atoms with Crippen LogP contribution in [0.15, 0.2) is 48.5 Å². The summed E-state index contributed by atoms with van der Waals surface area (Å²) in [6.07, 6.45) is 12.4. The molecule has 123 valence electrons. The van der Waals surface area contributed by atoms with E-state index >= 15 is 0 Å². The molecule has 0 fully saturated rings. The second-order valence-corrected chi connectivity index (χ2v) is 9.98. The second-order valence-electron chi connectivity index (χ2n) is 5.10. The monoisotopic (exact) mass is 449 g/mol. The summed E-state index contributed by atoms with van der Waals surface area (Å²) in [5.74, 6) is 0. The Hall–Kier alpha value is -0.400. The molecule has 0 spiro atoms. The first-order chi connectivity index (χ1) is 11.8. The van der Waals surface area contributed by atoms with Crippen LogP contribution in [0.5, 0.6) is 0 Å². The summed E-state index contributed by atoms with van der Waals surface area (Å²) < 4.78 is 0. The molecule has 0 saturated carbocycles. The minimum absolute atomic E-state index is 0.750. The molecule has 0 heterocycles. The Morgan fingerprint density at radius 3 is 1.46 bits per heavy atom. The maximum atomic E-state index is 4.93. The number of halogens is 2. The molecule has 0 aliphatic heterocycles. The summed E-state index contributed by atoms with van der Waals surface area (Å²) >= 11 is -0.826. The first-order valence-electron chi connectivity index (χ1n) is 7.76. The van der Waals surface area contributed by atoms with Crippen molar-refractivity contribution in [2.45, 2.75) is 25.9 Å². The zero-order valence-electron chi connectivity index (χ0n) is 14.0. The van der Waals surface area contributed by atoms with Crippen molar-refractivity contribution < 1.29 is 20.8 Å². The van der Waals surface area contributed by atoms with E-state index in [-0.39, 0.29) is 0 Å². The molecule has 2 aliphatic rings. The van der Waals surface area contributed by atoms with Crippen molar-refractivity contribution in [3.63, 3.8) is 0 Å². The Kier molecular flexibility index (Phi) is 12.5. The fourth-order valence-corrected chi connectivity index (χ4v) is 2.21. The van der Waals surface area contributed by atoms with Gasteiger partial charge in [0.05, 0.1) is 0 Å². The molecule has 0 N–H and O–H groups in total. The standard InChI is InChI=1S/2C9H7.C2H7Si.2ClH.Zr/c2*1-2-5-9-7-3-6-8(9)4-1;1-3-2;;;/h2*1-2,4-6H,7H2;3H,1-2H3;2*1H;/q2*-1;;;;+4/p-2. The van der Waals surface area contributed by atoms with Crippen LogP contribution in [-0.2, 0) is 33.7 Å². The maximum absolute atomic E-state index is 4.93. The predicted octanol–water partition coefficient (Wildman–Crippen LogP) is 6.01. The van der Waals surface area contributed by atoms with E-state index in [2.05, 4.69) is 85.9 Å². The van der Waals surface area contributed by atoms with E-state index in [0.29, 0.717) is 0 Å². The summed E-state index contributed by atoms with van der Waals surface area (Å²) in [6, 6.07) is 16.8. The van der Waals surface area contributed by atoms with Gasteiger partial charge in [0.25, 0.3) is 0 Å². The third-order valence-corrected chi connectivity index (χ3v) is 3.21. The van der Waals surface area contributed by atoms with Crippen LogP contribution in [0, 0.1) is 12.2 Å². The van der Waals surface area contributed by atoms with Crippen molar-refractivity contribution in [1.29, 1.82) is 0 Å². The Bertz CT molecular complexity index is 596. The van der Waals surface area contributed by atoms with Gasteiger partial charge in [0.2, 0.25) is 0 Å². The second kappa shape index (κ2) is 13.8. The number of hydrogen-bond donors (Lipinski definition) is 0. The number of fused-ring (bicyclic) bond motifs is 2. The van der Waals surface area contributed by atoms with Gasteiger partial charge in [-0.25, -0.2) is 12.2 Å². The van der Waals surface area contributed by atoms with E-state index in [9.17, 15) is 0 Å². The summed E-state index contributed by atoms with van der Waals surface area (Å²) in [6.45, 7) is 4.42. The average molecular weight is 452 g/mol. The number of benzene rings is 2. The molecule has 1 radical (unpaired) electrons. The Balaban J connectivity index is 0.000000183. The average Bonchev–Trinajstić information content (AvgIpc) is 3.26. The molecule has 0 nitrogen and oxygen atoms in total. The molecule has 0 unspecified atom stereocenters. The Labute approximate surface area is 167 Å². The van der Waals surface area contributed by atoms with E-state index in [1.54, 1.807) is 0 Å². The van der Waals surface area contributed by atoms with Gasteiger partial charge in [0, 0.05) is 9.52 Å². The molecular weight excluding hydrogens is 430 g/mol. The van der Waals surface area contributed by atoms with Gasteiger partial charge >= 0.3 is 37.9 Å². The molecule has 2 aromatic rings. The van der Waals surface area contributed by atoms with Crippen LogP contribution in [0.1, 0.15) is 22.3 Å². The zero-order valence-corrected chi connectivity index (χ0v) is 19.1. The summed E-state index contributed by atoms with van der Waals surface area (Å²) in [5.41, 5.74) is 5.46. The topological polar surface area (TPSA) is 0 Å².